The Labute approximate surface area is 193 Å². The molecule has 1 atom stereocenters. The van der Waals surface area contributed by atoms with Crippen molar-refractivity contribution < 1.29 is 4.74 Å². The molecule has 2 N–H and O–H groups in total. The molecule has 1 aromatic carbocycles. The molecule has 0 radical (unpaired) electrons. The van der Waals surface area contributed by atoms with Gasteiger partial charge in [0.2, 0.25) is 0 Å². The van der Waals surface area contributed by atoms with Gasteiger partial charge in [-0.25, -0.2) is 4.98 Å². The van der Waals surface area contributed by atoms with E-state index >= 15 is 0 Å². The first-order valence-electron chi connectivity index (χ1n) is 11.6. The van der Waals surface area contributed by atoms with Crippen LogP contribution < -0.4 is 10.5 Å². The lowest BCUT2D eigenvalue weighted by molar-refractivity contribution is 0.228. The van der Waals surface area contributed by atoms with Crippen molar-refractivity contribution in [1.82, 2.24) is 24.5 Å². The number of nitrogen functional groups attached to an aromatic ring is 1. The maximum atomic E-state index is 6.46. The number of aryl methyl sites for hydroxylation is 2. The number of hydrogen-bond donors (Lipinski definition) is 1. The highest BCUT2D eigenvalue weighted by atomic mass is 16.5. The minimum absolute atomic E-state index is 0.211. The number of hydrogen-bond acceptors (Lipinski definition) is 5. The van der Waals surface area contributed by atoms with E-state index in [2.05, 4.69) is 46.8 Å². The number of benzene rings is 1. The Morgan fingerprint density at radius 2 is 1.82 bits per heavy atom. The fourth-order valence-corrected chi connectivity index (χ4v) is 5.09. The van der Waals surface area contributed by atoms with Gasteiger partial charge in [-0.15, -0.1) is 0 Å². The summed E-state index contributed by atoms with van der Waals surface area (Å²) < 4.78 is 10.6. The molecule has 2 bridgehead atoms. The maximum Gasteiger partial charge on any atom is 0.166 e. The molecule has 4 heterocycles. The molecule has 33 heavy (non-hydrogen) atoms. The zero-order valence-electron chi connectivity index (χ0n) is 19.2. The molecule has 1 fully saturated rings. The molecule has 2 aliphatic rings. The Hall–Kier alpha value is -3.61. The third-order valence-electron chi connectivity index (χ3n) is 7.05. The number of aromatic nitrogens is 5. The van der Waals surface area contributed by atoms with Gasteiger partial charge in [0.25, 0.3) is 0 Å². The topological polar surface area (TPSA) is 83.8 Å². The maximum absolute atomic E-state index is 6.46. The van der Waals surface area contributed by atoms with Crippen LogP contribution in [0.2, 0.25) is 0 Å². The summed E-state index contributed by atoms with van der Waals surface area (Å²) >= 11 is 0. The van der Waals surface area contributed by atoms with Gasteiger partial charge < -0.3 is 10.5 Å². The largest absolute Gasteiger partial charge is 0.482 e. The minimum atomic E-state index is -0.211. The lowest BCUT2D eigenvalue weighted by atomic mass is 9.91. The first-order valence-corrected chi connectivity index (χ1v) is 11.6. The van der Waals surface area contributed by atoms with Crippen LogP contribution >= 0.6 is 0 Å². The summed E-state index contributed by atoms with van der Waals surface area (Å²) in [5.74, 6) is 1.000. The second-order valence-electron chi connectivity index (χ2n) is 9.32. The molecular formula is C26H28N6O. The Morgan fingerprint density at radius 1 is 1.03 bits per heavy atom. The molecule has 6 rings (SSSR count). The lowest BCUT2D eigenvalue weighted by Gasteiger charge is -2.28. The van der Waals surface area contributed by atoms with Gasteiger partial charge in [-0.2, -0.15) is 10.2 Å². The fourth-order valence-electron chi connectivity index (χ4n) is 5.09. The van der Waals surface area contributed by atoms with E-state index in [0.29, 0.717) is 17.6 Å². The number of rotatable bonds is 1. The summed E-state index contributed by atoms with van der Waals surface area (Å²) in [6.45, 7) is 4.17. The summed E-state index contributed by atoms with van der Waals surface area (Å²) in [7, 11) is 2.00. The van der Waals surface area contributed by atoms with E-state index in [9.17, 15) is 0 Å². The second-order valence-corrected chi connectivity index (χ2v) is 9.32. The van der Waals surface area contributed by atoms with Crippen LogP contribution in [0, 0.1) is 6.92 Å². The van der Waals surface area contributed by atoms with E-state index < -0.39 is 0 Å². The van der Waals surface area contributed by atoms with Crippen LogP contribution in [-0.2, 0) is 13.5 Å². The molecule has 7 heteroatoms. The Bertz CT molecular complexity index is 1360. The van der Waals surface area contributed by atoms with Gasteiger partial charge in [-0.05, 0) is 39.2 Å². The summed E-state index contributed by atoms with van der Waals surface area (Å²) in [5, 5.41) is 9.46. The van der Waals surface area contributed by atoms with Crippen LogP contribution in [0.15, 0.2) is 42.9 Å². The first-order chi connectivity index (χ1) is 16.0. The van der Waals surface area contributed by atoms with Gasteiger partial charge in [0.05, 0.1) is 29.8 Å². The van der Waals surface area contributed by atoms with Crippen molar-refractivity contribution in [2.45, 2.75) is 51.7 Å². The van der Waals surface area contributed by atoms with E-state index in [1.54, 1.807) is 0 Å². The van der Waals surface area contributed by atoms with E-state index in [1.807, 2.05) is 36.4 Å². The molecule has 3 aromatic heterocycles. The molecule has 0 saturated heterocycles. The molecular weight excluding hydrogens is 412 g/mol. The quantitative estimate of drug-likeness (QED) is 0.450. The van der Waals surface area contributed by atoms with Gasteiger partial charge in [0, 0.05) is 47.5 Å². The number of pyridine rings is 1. The van der Waals surface area contributed by atoms with Crippen molar-refractivity contribution in [3.63, 3.8) is 0 Å². The van der Waals surface area contributed by atoms with Crippen LogP contribution in [-0.4, -0.2) is 24.5 Å². The van der Waals surface area contributed by atoms with Gasteiger partial charge in [-0.3, -0.25) is 9.36 Å². The summed E-state index contributed by atoms with van der Waals surface area (Å²) in [4.78, 5) is 4.50. The van der Waals surface area contributed by atoms with Crippen molar-refractivity contribution in [2.75, 3.05) is 5.73 Å². The number of nitrogens with two attached hydrogens (primary N) is 1. The highest BCUT2D eigenvalue weighted by Crippen LogP contribution is 2.41. The number of fused-ring (bicyclic) bond motifs is 7. The molecule has 4 aromatic rings. The molecule has 0 spiro atoms. The van der Waals surface area contributed by atoms with Crippen molar-refractivity contribution in [3.8, 4) is 28.3 Å². The Kier molecular flexibility index (Phi) is 4.54. The van der Waals surface area contributed by atoms with Crippen molar-refractivity contribution in [1.29, 1.82) is 0 Å². The monoisotopic (exact) mass is 440 g/mol. The van der Waals surface area contributed by atoms with Gasteiger partial charge >= 0.3 is 0 Å². The average molecular weight is 441 g/mol. The van der Waals surface area contributed by atoms with Crippen molar-refractivity contribution in [2.24, 2.45) is 7.05 Å². The fraction of sp³-hybridized carbons (Fsp3) is 0.346. The molecule has 0 unspecified atom stereocenters. The number of anilines is 1. The Balaban J connectivity index is 1.62. The number of nitrogens with zero attached hydrogens (tertiary/aromatic N) is 5. The molecule has 1 saturated carbocycles. The normalized spacial score (nSPS) is 17.6. The van der Waals surface area contributed by atoms with Gasteiger partial charge in [0.15, 0.2) is 11.6 Å². The molecule has 7 nitrogen and oxygen atoms in total. The molecule has 1 aliphatic heterocycles. The SMILES string of the molecule is Cc1ccc2c(c1)[C@@H](C)Oc1cc(cnc1N)-c1c(cnn1C1CCC1)Cc1cnn(C)c1-2. The summed E-state index contributed by atoms with van der Waals surface area (Å²) in [5.41, 5.74) is 15.2. The van der Waals surface area contributed by atoms with Crippen LogP contribution in [0.25, 0.3) is 22.5 Å². The smallest absolute Gasteiger partial charge is 0.166 e. The Morgan fingerprint density at radius 3 is 2.61 bits per heavy atom. The molecule has 168 valence electrons. The summed E-state index contributed by atoms with van der Waals surface area (Å²) in [6.07, 6.45) is 9.92. The van der Waals surface area contributed by atoms with Gasteiger partial charge in [-0.1, -0.05) is 23.8 Å². The van der Waals surface area contributed by atoms with Crippen LogP contribution in [0.4, 0.5) is 5.82 Å². The highest BCUT2D eigenvalue weighted by Gasteiger charge is 2.28. The zero-order chi connectivity index (χ0) is 22.7. The van der Waals surface area contributed by atoms with Crippen LogP contribution in [0.3, 0.4) is 0 Å². The molecule has 1 aliphatic carbocycles. The van der Waals surface area contributed by atoms with E-state index in [-0.39, 0.29) is 6.10 Å². The van der Waals surface area contributed by atoms with E-state index in [0.717, 1.165) is 52.9 Å². The second kappa shape index (κ2) is 7.47. The molecule has 0 amide bonds. The van der Waals surface area contributed by atoms with Gasteiger partial charge in [0.1, 0.15) is 6.10 Å². The van der Waals surface area contributed by atoms with Crippen molar-refractivity contribution >= 4 is 5.82 Å². The average Bonchev–Trinajstić information content (AvgIpc) is 3.32. The van der Waals surface area contributed by atoms with Crippen molar-refractivity contribution in [3.05, 3.63) is 65.1 Å². The standard InChI is InChI=1S/C26H28N6O/c1-15-7-8-21-22(9-15)16(2)33-23-11-19(12-28-26(23)27)24-17(10-18-13-29-31(3)25(18)21)14-30-32(24)20-5-4-6-20/h7-9,11-14,16,20H,4-6,10H2,1-3H3,(H2,27,28)/t16-/m1/s1. The third kappa shape index (κ3) is 3.22. The highest BCUT2D eigenvalue weighted by molar-refractivity contribution is 5.72. The van der Waals surface area contributed by atoms with Crippen LogP contribution in [0.1, 0.15) is 60.6 Å². The lowest BCUT2D eigenvalue weighted by Crippen LogP contribution is -2.19. The van der Waals surface area contributed by atoms with E-state index in [4.69, 9.17) is 15.6 Å². The predicted molar refractivity (Wildman–Crippen MR) is 128 cm³/mol. The minimum Gasteiger partial charge on any atom is -0.482 e. The predicted octanol–water partition coefficient (Wildman–Crippen LogP) is 5.01. The third-order valence-corrected chi connectivity index (χ3v) is 7.05. The van der Waals surface area contributed by atoms with E-state index in [1.165, 1.54) is 17.5 Å². The first kappa shape index (κ1) is 20.0. The number of ether oxygens (including phenoxy) is 1. The van der Waals surface area contributed by atoms with Crippen LogP contribution in [0.5, 0.6) is 5.75 Å². The zero-order valence-corrected chi connectivity index (χ0v) is 19.2. The summed E-state index contributed by atoms with van der Waals surface area (Å²) in [6, 6.07) is 8.96.